The van der Waals surface area contributed by atoms with Gasteiger partial charge in [0.05, 0.1) is 22.0 Å². The molecular weight excluding hydrogens is 564 g/mol. The van der Waals surface area contributed by atoms with E-state index in [-0.39, 0.29) is 39.4 Å². The van der Waals surface area contributed by atoms with Crippen molar-refractivity contribution in [3.05, 3.63) is 145 Å². The second-order valence-corrected chi connectivity index (χ2v) is 11.1. The molecule has 10 rings (SSSR count). The van der Waals surface area contributed by atoms with Crippen LogP contribution in [-0.4, -0.2) is 19.5 Å². The molecular formula is C41H24N4O. The number of furan rings is 1. The number of hydrogen-bond acceptors (Lipinski definition) is 4. The average molecular weight is 597 g/mol. The Kier molecular flexibility index (Phi) is 3.85. The minimum absolute atomic E-state index is 0.0622. The highest BCUT2D eigenvalue weighted by molar-refractivity contribution is 6.10. The molecule has 5 heteroatoms. The monoisotopic (exact) mass is 596 g/mol. The van der Waals surface area contributed by atoms with Gasteiger partial charge in [-0.25, -0.2) is 4.98 Å². The Balaban J connectivity index is 1.32. The van der Waals surface area contributed by atoms with Gasteiger partial charge in [-0.15, -0.1) is 0 Å². The summed E-state index contributed by atoms with van der Waals surface area (Å²) in [7, 11) is 0. The topological polar surface area (TPSA) is 56.7 Å². The van der Waals surface area contributed by atoms with Crippen LogP contribution in [0.5, 0.6) is 0 Å². The quantitative estimate of drug-likeness (QED) is 0.190. The number of hydrogen-bond donors (Lipinski definition) is 0. The zero-order valence-corrected chi connectivity index (χ0v) is 23.9. The third-order valence-corrected chi connectivity index (χ3v) is 8.50. The summed E-state index contributed by atoms with van der Waals surface area (Å²) in [6.45, 7) is 0. The van der Waals surface area contributed by atoms with Gasteiger partial charge in [0, 0.05) is 32.7 Å². The van der Waals surface area contributed by atoms with Crippen LogP contribution in [-0.2, 0) is 0 Å². The molecule has 0 atom stereocenters. The second-order valence-electron chi connectivity index (χ2n) is 11.1. The van der Waals surface area contributed by atoms with E-state index in [1.165, 1.54) is 4.57 Å². The molecule has 3 aromatic heterocycles. The van der Waals surface area contributed by atoms with E-state index >= 15 is 0 Å². The van der Waals surface area contributed by atoms with E-state index in [9.17, 15) is 0 Å². The number of para-hydroxylation sites is 3. The smallest absolute Gasteiger partial charge is 0.238 e. The normalized spacial score (nSPS) is 14.3. The highest BCUT2D eigenvalue weighted by atomic mass is 16.3. The molecule has 0 aliphatic heterocycles. The first kappa shape index (κ1) is 18.5. The van der Waals surface area contributed by atoms with Crippen LogP contribution in [0.3, 0.4) is 0 Å². The van der Waals surface area contributed by atoms with Crippen LogP contribution in [0.4, 0.5) is 0 Å². The lowest BCUT2D eigenvalue weighted by atomic mass is 10.00. The summed E-state index contributed by atoms with van der Waals surface area (Å²) < 4.78 is 77.3. The third-order valence-electron chi connectivity index (χ3n) is 8.50. The number of aromatic nitrogens is 4. The predicted molar refractivity (Wildman–Crippen MR) is 187 cm³/mol. The van der Waals surface area contributed by atoms with Crippen LogP contribution < -0.4 is 0 Å². The summed E-state index contributed by atoms with van der Waals surface area (Å²) in [6.07, 6.45) is 0. The van der Waals surface area contributed by atoms with Crippen molar-refractivity contribution in [1.29, 1.82) is 0 Å². The molecule has 0 saturated heterocycles. The molecule has 0 unspecified atom stereocenters. The molecule has 0 amide bonds. The molecule has 10 aromatic rings. The SMILES string of the molecule is [2H]c1c([2H])c([2H])c2c(c1[2H])c1c([2H])c([2H])c([2H])c([2H])c1n2-c1nc(-c2ccc3c(ccc4ccccc43)c2)nc(-c2ccc3c(c2)oc2ccccc23)n1. The van der Waals surface area contributed by atoms with Crippen molar-refractivity contribution in [1.82, 2.24) is 19.5 Å². The van der Waals surface area contributed by atoms with Gasteiger partial charge in [-0.1, -0.05) is 109 Å². The summed E-state index contributed by atoms with van der Waals surface area (Å²) in [5, 5.41) is 5.90. The number of rotatable bonds is 3. The van der Waals surface area contributed by atoms with Crippen molar-refractivity contribution < 1.29 is 15.4 Å². The van der Waals surface area contributed by atoms with Crippen molar-refractivity contribution in [2.24, 2.45) is 0 Å². The van der Waals surface area contributed by atoms with E-state index in [2.05, 4.69) is 12.1 Å². The van der Waals surface area contributed by atoms with Crippen molar-refractivity contribution in [2.45, 2.75) is 0 Å². The zero-order valence-electron chi connectivity index (χ0n) is 31.9. The highest BCUT2D eigenvalue weighted by Crippen LogP contribution is 2.35. The molecule has 214 valence electrons. The largest absolute Gasteiger partial charge is 0.456 e. The minimum Gasteiger partial charge on any atom is -0.456 e. The van der Waals surface area contributed by atoms with Gasteiger partial charge in [0.2, 0.25) is 5.95 Å². The van der Waals surface area contributed by atoms with E-state index < -0.39 is 48.3 Å². The summed E-state index contributed by atoms with van der Waals surface area (Å²) >= 11 is 0. The predicted octanol–water partition coefficient (Wildman–Crippen LogP) is 10.5. The van der Waals surface area contributed by atoms with Gasteiger partial charge in [-0.3, -0.25) is 4.57 Å². The summed E-state index contributed by atoms with van der Waals surface area (Å²) in [5.74, 6) is 0.368. The molecule has 3 heterocycles. The standard InChI is InChI=1S/C41H24N4O/c1-2-10-29-25(9-1)17-18-26-23-27(19-21-30(26)29)39-42-40(28-20-22-34-33-13-5-8-16-37(33)46-38(34)24-28)44-41(43-39)45-35-14-6-3-11-31(35)32-12-4-7-15-36(32)45/h1-24H/i3D,4D,6D,7D,11D,12D,14D,15D. The Labute approximate surface area is 274 Å². The molecule has 0 N–H and O–H groups in total. The van der Waals surface area contributed by atoms with Crippen molar-refractivity contribution >= 4 is 65.3 Å². The lowest BCUT2D eigenvalue weighted by Gasteiger charge is -2.12. The fraction of sp³-hybridized carbons (Fsp3) is 0. The van der Waals surface area contributed by atoms with E-state index in [4.69, 9.17) is 30.3 Å². The third kappa shape index (κ3) is 3.72. The Bertz CT molecular complexity index is 3210. The summed E-state index contributed by atoms with van der Waals surface area (Å²) in [6, 6.07) is 27.5. The van der Waals surface area contributed by atoms with Crippen LogP contribution in [0.15, 0.2) is 150 Å². The molecule has 0 radical (unpaired) electrons. The van der Waals surface area contributed by atoms with Gasteiger partial charge in [-0.05, 0) is 57.9 Å². The van der Waals surface area contributed by atoms with Gasteiger partial charge in [0.25, 0.3) is 0 Å². The molecule has 0 aliphatic carbocycles. The van der Waals surface area contributed by atoms with Crippen molar-refractivity contribution in [2.75, 3.05) is 0 Å². The van der Waals surface area contributed by atoms with E-state index in [0.717, 1.165) is 37.9 Å². The van der Waals surface area contributed by atoms with Gasteiger partial charge >= 0.3 is 0 Å². The molecule has 0 aliphatic rings. The van der Waals surface area contributed by atoms with E-state index in [1.807, 2.05) is 84.9 Å². The van der Waals surface area contributed by atoms with Crippen LogP contribution in [0, 0.1) is 0 Å². The second kappa shape index (κ2) is 9.58. The number of benzene rings is 7. The fourth-order valence-electron chi connectivity index (χ4n) is 6.36. The van der Waals surface area contributed by atoms with Crippen molar-refractivity contribution in [3.63, 3.8) is 0 Å². The maximum atomic E-state index is 9.02. The number of fused-ring (bicyclic) bond motifs is 9. The van der Waals surface area contributed by atoms with Gasteiger partial charge in [-0.2, -0.15) is 9.97 Å². The zero-order chi connectivity index (χ0) is 37.2. The molecule has 7 aromatic carbocycles. The average Bonchev–Trinajstić information content (AvgIpc) is 3.77. The molecule has 0 saturated carbocycles. The Morgan fingerprint density at radius 2 is 1.07 bits per heavy atom. The molecule has 46 heavy (non-hydrogen) atoms. The maximum absolute atomic E-state index is 9.02. The van der Waals surface area contributed by atoms with Crippen LogP contribution in [0.1, 0.15) is 11.0 Å². The molecule has 0 bridgehead atoms. The van der Waals surface area contributed by atoms with Gasteiger partial charge in [0.15, 0.2) is 11.6 Å². The van der Waals surface area contributed by atoms with Crippen molar-refractivity contribution in [3.8, 4) is 28.7 Å². The van der Waals surface area contributed by atoms with Crippen LogP contribution in [0.2, 0.25) is 0 Å². The molecule has 0 fully saturated rings. The minimum atomic E-state index is -0.529. The molecule has 0 spiro atoms. The summed E-state index contributed by atoms with van der Waals surface area (Å²) in [4.78, 5) is 14.7. The number of nitrogens with zero attached hydrogens (tertiary/aromatic N) is 4. The Hall–Kier alpha value is -6.33. The summed E-state index contributed by atoms with van der Waals surface area (Å²) in [5.41, 5.74) is 2.38. The lowest BCUT2D eigenvalue weighted by molar-refractivity contribution is 0.669. The first-order chi connectivity index (χ1) is 26.1. The Morgan fingerprint density at radius 3 is 1.85 bits per heavy atom. The van der Waals surface area contributed by atoms with Crippen LogP contribution in [0.25, 0.3) is 94.0 Å². The Morgan fingerprint density at radius 1 is 0.478 bits per heavy atom. The van der Waals surface area contributed by atoms with Crippen LogP contribution >= 0.6 is 0 Å². The van der Waals surface area contributed by atoms with Gasteiger partial charge < -0.3 is 4.42 Å². The van der Waals surface area contributed by atoms with Gasteiger partial charge in [0.1, 0.15) is 11.2 Å². The van der Waals surface area contributed by atoms with E-state index in [1.54, 1.807) is 0 Å². The maximum Gasteiger partial charge on any atom is 0.238 e. The molecule has 5 nitrogen and oxygen atoms in total. The first-order valence-electron chi connectivity index (χ1n) is 18.7. The fourth-order valence-corrected chi connectivity index (χ4v) is 6.36. The lowest BCUT2D eigenvalue weighted by Crippen LogP contribution is -2.06. The van der Waals surface area contributed by atoms with E-state index in [0.29, 0.717) is 16.7 Å². The first-order valence-corrected chi connectivity index (χ1v) is 14.7. The highest BCUT2D eigenvalue weighted by Gasteiger charge is 2.18.